The Balaban J connectivity index is 1.89. The summed E-state index contributed by atoms with van der Waals surface area (Å²) in [6.07, 6.45) is -1.80. The highest BCUT2D eigenvalue weighted by Gasteiger charge is 2.51. The van der Waals surface area contributed by atoms with Crippen LogP contribution < -0.4 is 9.62 Å². The Bertz CT molecular complexity index is 1670. The second kappa shape index (κ2) is 12.6. The minimum Gasteiger partial charge on any atom is -0.376 e. The number of aliphatic hydroxyl groups is 1. The predicted molar refractivity (Wildman–Crippen MR) is 164 cm³/mol. The number of thiol groups is 1. The van der Waals surface area contributed by atoms with Crippen LogP contribution in [0.5, 0.6) is 0 Å². The second-order valence-electron chi connectivity index (χ2n) is 10.9. The molecule has 15 heteroatoms. The number of aromatic nitrogens is 1. The van der Waals surface area contributed by atoms with Crippen molar-refractivity contribution in [3.63, 3.8) is 0 Å². The first-order valence-corrected chi connectivity index (χ1v) is 17.2. The van der Waals surface area contributed by atoms with Crippen molar-refractivity contribution in [1.82, 2.24) is 14.6 Å². The maximum absolute atomic E-state index is 13.9. The molecule has 1 aromatic heterocycles. The van der Waals surface area contributed by atoms with Crippen molar-refractivity contribution in [1.29, 1.82) is 0 Å². The Morgan fingerprint density at radius 2 is 1.75 bits per heavy atom. The van der Waals surface area contributed by atoms with E-state index in [4.69, 9.17) is 0 Å². The van der Waals surface area contributed by atoms with E-state index in [2.05, 4.69) is 22.9 Å². The van der Waals surface area contributed by atoms with E-state index in [0.717, 1.165) is 12.1 Å². The van der Waals surface area contributed by atoms with Crippen molar-refractivity contribution in [2.24, 2.45) is 0 Å². The van der Waals surface area contributed by atoms with Crippen molar-refractivity contribution >= 4 is 38.4 Å². The first kappa shape index (κ1) is 34.2. The van der Waals surface area contributed by atoms with E-state index in [0.29, 0.717) is 18.9 Å². The van der Waals surface area contributed by atoms with Crippen LogP contribution in [-0.2, 0) is 31.2 Å². The quantitative estimate of drug-likeness (QED) is 0.276. The van der Waals surface area contributed by atoms with E-state index in [1.165, 1.54) is 39.2 Å². The zero-order chi connectivity index (χ0) is 32.6. The van der Waals surface area contributed by atoms with E-state index in [-0.39, 0.29) is 41.7 Å². The van der Waals surface area contributed by atoms with Gasteiger partial charge in [-0.05, 0) is 55.7 Å². The summed E-state index contributed by atoms with van der Waals surface area (Å²) in [6.45, 7) is 3.50. The number of nitrogens with zero attached hydrogens (tertiary/aromatic N) is 3. The Morgan fingerprint density at radius 1 is 1.09 bits per heavy atom. The molecule has 9 nitrogen and oxygen atoms in total. The number of alkyl halides is 3. The number of halogens is 3. The highest BCUT2D eigenvalue weighted by molar-refractivity contribution is 7.93. The topological polar surface area (TPSA) is 120 Å². The highest BCUT2D eigenvalue weighted by atomic mass is 32.2. The third-order valence-electron chi connectivity index (χ3n) is 8.04. The Morgan fingerprint density at radius 3 is 2.32 bits per heavy atom. The predicted octanol–water partition coefficient (Wildman–Crippen LogP) is 4.26. The largest absolute Gasteiger partial charge is 0.421 e. The number of hydrogen-bond acceptors (Lipinski definition) is 8. The number of sulfonamides is 2. The first-order chi connectivity index (χ1) is 20.5. The first-order valence-electron chi connectivity index (χ1n) is 13.8. The molecule has 4 rings (SSSR count). The monoisotopic (exact) mass is 672 g/mol. The summed E-state index contributed by atoms with van der Waals surface area (Å²) in [7, 11) is -8.16. The minimum absolute atomic E-state index is 0.0351. The second-order valence-corrected chi connectivity index (χ2v) is 15.6. The summed E-state index contributed by atoms with van der Waals surface area (Å²) >= 11 is 4.33. The maximum atomic E-state index is 13.9. The molecule has 1 aliphatic rings. The van der Waals surface area contributed by atoms with Crippen LogP contribution in [0.25, 0.3) is 0 Å². The van der Waals surface area contributed by atoms with Gasteiger partial charge in [-0.25, -0.2) is 16.8 Å². The van der Waals surface area contributed by atoms with Crippen molar-refractivity contribution in [2.45, 2.75) is 59.5 Å². The smallest absolute Gasteiger partial charge is 0.376 e. The molecule has 0 saturated carbocycles. The van der Waals surface area contributed by atoms with Gasteiger partial charge < -0.3 is 10.4 Å². The molecule has 44 heavy (non-hydrogen) atoms. The number of pyridine rings is 1. The standard InChI is InChI=1S/C29H35F3N4O5S3/c1-4-21(2)43(38,39)36(24-8-7-15-33-18-24)20-28(23-13-11-22(12-14-23)27(3,37)29(30,31)32)19-35(17-16-34-28)44(40,41)26-10-6-5-9-25(26)42/h5-15,18,21,34,37,42H,4,16-17,19-20H2,1-3H3/t21?,27?,28-/m1/s1. The third-order valence-corrected chi connectivity index (χ3v) is 12.8. The molecule has 2 N–H and O–H groups in total. The zero-order valence-electron chi connectivity index (χ0n) is 24.4. The Kier molecular flexibility index (Phi) is 9.79. The Labute approximate surface area is 261 Å². The van der Waals surface area contributed by atoms with Crippen molar-refractivity contribution in [3.8, 4) is 0 Å². The van der Waals surface area contributed by atoms with E-state index >= 15 is 0 Å². The lowest BCUT2D eigenvalue weighted by molar-refractivity contribution is -0.258. The number of rotatable bonds is 10. The Hall–Kier alpha value is -2.69. The van der Waals surface area contributed by atoms with Gasteiger partial charge in [-0.15, -0.1) is 12.6 Å². The lowest BCUT2D eigenvalue weighted by Crippen LogP contribution is -2.64. The number of piperazine rings is 1. The number of nitrogens with one attached hydrogen (secondary N) is 1. The van der Waals surface area contributed by atoms with E-state index in [9.17, 15) is 35.1 Å². The molecular formula is C29H35F3N4O5S3. The molecule has 2 aromatic carbocycles. The van der Waals surface area contributed by atoms with Gasteiger partial charge in [-0.2, -0.15) is 17.5 Å². The fourth-order valence-corrected chi connectivity index (χ4v) is 8.79. The molecule has 1 saturated heterocycles. The molecule has 0 aliphatic carbocycles. The molecule has 2 unspecified atom stereocenters. The average Bonchev–Trinajstić information content (AvgIpc) is 2.99. The van der Waals surface area contributed by atoms with Crippen molar-refractivity contribution in [2.75, 3.05) is 30.5 Å². The lowest BCUT2D eigenvalue weighted by atomic mass is 9.85. The van der Waals surface area contributed by atoms with Crippen LogP contribution in [-0.4, -0.2) is 68.8 Å². The minimum atomic E-state index is -4.96. The van der Waals surface area contributed by atoms with Gasteiger partial charge in [0.05, 0.1) is 34.1 Å². The summed E-state index contributed by atoms with van der Waals surface area (Å²) in [4.78, 5) is 4.28. The molecule has 1 fully saturated rings. The van der Waals surface area contributed by atoms with E-state index < -0.39 is 48.2 Å². The van der Waals surface area contributed by atoms with Gasteiger partial charge in [0, 0.05) is 30.7 Å². The summed E-state index contributed by atoms with van der Waals surface area (Å²) < 4.78 is 98.8. The summed E-state index contributed by atoms with van der Waals surface area (Å²) in [5.41, 5.74) is -4.44. The van der Waals surface area contributed by atoms with Crippen molar-refractivity contribution < 1.29 is 35.1 Å². The molecule has 0 amide bonds. The molecule has 3 atom stereocenters. The van der Waals surface area contributed by atoms with Gasteiger partial charge in [0.25, 0.3) is 0 Å². The van der Waals surface area contributed by atoms with Crippen LogP contribution >= 0.6 is 12.6 Å². The SMILES string of the molecule is CCC(C)S(=O)(=O)N(C[C@@]1(c2ccc(C(C)(O)C(F)(F)F)cc2)CN(S(=O)(=O)c2ccccc2S)CCN1)c1cccnc1. The van der Waals surface area contributed by atoms with Gasteiger partial charge in [0.1, 0.15) is 0 Å². The number of benzene rings is 2. The van der Waals surface area contributed by atoms with Crippen LogP contribution in [0.3, 0.4) is 0 Å². The van der Waals surface area contributed by atoms with Crippen LogP contribution in [0.2, 0.25) is 0 Å². The van der Waals surface area contributed by atoms with Gasteiger partial charge in [-0.3, -0.25) is 9.29 Å². The number of anilines is 1. The molecule has 240 valence electrons. The average molecular weight is 673 g/mol. The van der Waals surface area contributed by atoms with Gasteiger partial charge in [-0.1, -0.05) is 43.3 Å². The molecule has 0 spiro atoms. The van der Waals surface area contributed by atoms with Crippen LogP contribution in [0, 0.1) is 0 Å². The molecule has 1 aliphatic heterocycles. The number of hydrogen-bond donors (Lipinski definition) is 3. The lowest BCUT2D eigenvalue weighted by Gasteiger charge is -2.46. The van der Waals surface area contributed by atoms with E-state index in [1.54, 1.807) is 44.2 Å². The normalized spacial score (nSPS) is 20.5. The molecule has 0 bridgehead atoms. The molecular weight excluding hydrogens is 638 g/mol. The van der Waals surface area contributed by atoms with Crippen molar-refractivity contribution in [3.05, 3.63) is 84.2 Å². The summed E-state index contributed by atoms with van der Waals surface area (Å²) in [6, 6.07) is 14.2. The highest BCUT2D eigenvalue weighted by Crippen LogP contribution is 2.40. The fourth-order valence-electron chi connectivity index (χ4n) is 5.05. The van der Waals surface area contributed by atoms with Gasteiger partial charge in [0.15, 0.2) is 5.60 Å². The molecule has 0 radical (unpaired) electrons. The van der Waals surface area contributed by atoms with Gasteiger partial charge in [0.2, 0.25) is 20.0 Å². The van der Waals surface area contributed by atoms with E-state index in [1.807, 2.05) is 0 Å². The van der Waals surface area contributed by atoms with Crippen LogP contribution in [0.1, 0.15) is 38.3 Å². The maximum Gasteiger partial charge on any atom is 0.421 e. The molecule has 2 heterocycles. The summed E-state index contributed by atoms with van der Waals surface area (Å²) in [5.74, 6) is 0. The van der Waals surface area contributed by atoms with Crippen LogP contribution in [0.4, 0.5) is 18.9 Å². The third kappa shape index (κ3) is 6.49. The summed E-state index contributed by atoms with van der Waals surface area (Å²) in [5, 5.41) is 12.7. The molecule has 3 aromatic rings. The fraction of sp³-hybridized carbons (Fsp3) is 0.414. The van der Waals surface area contributed by atoms with Gasteiger partial charge >= 0.3 is 6.18 Å². The zero-order valence-corrected chi connectivity index (χ0v) is 26.9. The van der Waals surface area contributed by atoms with Crippen LogP contribution in [0.15, 0.2) is 82.8 Å².